The summed E-state index contributed by atoms with van der Waals surface area (Å²) < 4.78 is 0. The van der Waals surface area contributed by atoms with Gasteiger partial charge >= 0.3 is 0 Å². The minimum atomic E-state index is 0.115. The van der Waals surface area contributed by atoms with Crippen LogP contribution in [0, 0.1) is 6.92 Å². The summed E-state index contributed by atoms with van der Waals surface area (Å²) in [5, 5.41) is 8.71. The van der Waals surface area contributed by atoms with Crippen molar-refractivity contribution in [3.05, 3.63) is 11.5 Å². The number of carbonyl (C=O) groups excluding carboxylic acids is 1. The highest BCUT2D eigenvalue weighted by molar-refractivity contribution is 7.99. The van der Waals surface area contributed by atoms with Gasteiger partial charge in [0.05, 0.1) is 11.4 Å². The Labute approximate surface area is 109 Å². The van der Waals surface area contributed by atoms with Crippen molar-refractivity contribution in [2.75, 3.05) is 5.75 Å². The fraction of sp³-hybridized carbons (Fsp3) is 0.455. The standard InChI is InChI=1S/C11H15N5OS/c1-4-8-12-7(3)9(13-8)10-14-11(16-15-10)18-5-6(2)17/h4-5H2,1-3H3,(H,12,13)(H,14,15,16). The lowest BCUT2D eigenvalue weighted by atomic mass is 10.3. The molecular weight excluding hydrogens is 250 g/mol. The number of imidazole rings is 1. The van der Waals surface area contributed by atoms with Crippen molar-refractivity contribution < 1.29 is 4.79 Å². The van der Waals surface area contributed by atoms with E-state index >= 15 is 0 Å². The largest absolute Gasteiger partial charge is 0.339 e. The zero-order valence-electron chi connectivity index (χ0n) is 10.6. The third kappa shape index (κ3) is 2.79. The molecule has 0 aliphatic carbocycles. The van der Waals surface area contributed by atoms with Crippen LogP contribution in [0.25, 0.3) is 11.5 Å². The predicted molar refractivity (Wildman–Crippen MR) is 69.5 cm³/mol. The molecule has 7 heteroatoms. The van der Waals surface area contributed by atoms with Gasteiger partial charge in [0.1, 0.15) is 17.3 Å². The minimum absolute atomic E-state index is 0.115. The van der Waals surface area contributed by atoms with Gasteiger partial charge in [0, 0.05) is 6.42 Å². The fourth-order valence-corrected chi connectivity index (χ4v) is 2.12. The zero-order chi connectivity index (χ0) is 13.1. The molecule has 0 unspecified atom stereocenters. The van der Waals surface area contributed by atoms with Gasteiger partial charge in [0.2, 0.25) is 0 Å². The van der Waals surface area contributed by atoms with Gasteiger partial charge < -0.3 is 9.97 Å². The van der Waals surface area contributed by atoms with E-state index in [-0.39, 0.29) is 5.78 Å². The number of hydrogen-bond donors (Lipinski definition) is 2. The highest BCUT2D eigenvalue weighted by Crippen LogP contribution is 2.20. The van der Waals surface area contributed by atoms with Crippen LogP contribution in [-0.2, 0) is 11.2 Å². The third-order valence-corrected chi connectivity index (χ3v) is 3.39. The second kappa shape index (κ2) is 5.34. The number of hydrogen-bond acceptors (Lipinski definition) is 5. The number of H-pyrrole nitrogens is 2. The molecule has 96 valence electrons. The molecule has 2 aromatic rings. The summed E-state index contributed by atoms with van der Waals surface area (Å²) in [5.74, 6) is 2.10. The van der Waals surface area contributed by atoms with E-state index in [1.54, 1.807) is 6.92 Å². The summed E-state index contributed by atoms with van der Waals surface area (Å²) in [7, 11) is 0. The molecule has 0 amide bonds. The number of nitrogens with zero attached hydrogens (tertiary/aromatic N) is 3. The fourth-order valence-electron chi connectivity index (χ4n) is 1.51. The van der Waals surface area contributed by atoms with Crippen molar-refractivity contribution in [2.45, 2.75) is 32.3 Å². The molecule has 0 aliphatic heterocycles. The number of aryl methyl sites for hydroxylation is 2. The van der Waals surface area contributed by atoms with Crippen LogP contribution in [0.3, 0.4) is 0 Å². The first-order valence-electron chi connectivity index (χ1n) is 5.71. The Morgan fingerprint density at radius 2 is 2.11 bits per heavy atom. The van der Waals surface area contributed by atoms with Gasteiger partial charge in [0.25, 0.3) is 0 Å². The first-order valence-corrected chi connectivity index (χ1v) is 6.69. The number of ketones is 1. The monoisotopic (exact) mass is 265 g/mol. The summed E-state index contributed by atoms with van der Waals surface area (Å²) in [6.45, 7) is 5.52. The van der Waals surface area contributed by atoms with Gasteiger partial charge in [-0.2, -0.15) is 0 Å². The Hall–Kier alpha value is -1.63. The van der Waals surface area contributed by atoms with E-state index in [0.29, 0.717) is 16.7 Å². The Balaban J connectivity index is 2.18. The Bertz CT molecular complexity index is 560. The van der Waals surface area contributed by atoms with Crippen LogP contribution in [0.15, 0.2) is 5.16 Å². The van der Waals surface area contributed by atoms with Crippen molar-refractivity contribution >= 4 is 17.5 Å². The smallest absolute Gasteiger partial charge is 0.189 e. The van der Waals surface area contributed by atoms with E-state index in [4.69, 9.17) is 0 Å². The van der Waals surface area contributed by atoms with E-state index in [1.165, 1.54) is 11.8 Å². The maximum Gasteiger partial charge on any atom is 0.189 e. The molecule has 6 nitrogen and oxygen atoms in total. The van der Waals surface area contributed by atoms with Gasteiger partial charge in [-0.05, 0) is 13.8 Å². The molecule has 0 aliphatic rings. The maximum atomic E-state index is 10.9. The lowest BCUT2D eigenvalue weighted by molar-refractivity contribution is -0.114. The molecule has 0 aromatic carbocycles. The van der Waals surface area contributed by atoms with Gasteiger partial charge in [0.15, 0.2) is 11.0 Å². The summed E-state index contributed by atoms with van der Waals surface area (Å²) in [6, 6.07) is 0. The molecule has 2 N–H and O–H groups in total. The molecule has 18 heavy (non-hydrogen) atoms. The minimum Gasteiger partial charge on any atom is -0.339 e. The lowest BCUT2D eigenvalue weighted by Gasteiger charge is -1.93. The average molecular weight is 265 g/mol. The van der Waals surface area contributed by atoms with Crippen molar-refractivity contribution in [1.82, 2.24) is 25.1 Å². The number of Topliss-reactive ketones (excluding diaryl/α,β-unsaturated/α-hetero) is 1. The molecule has 0 bridgehead atoms. The molecule has 2 heterocycles. The summed E-state index contributed by atoms with van der Waals surface area (Å²) in [6.07, 6.45) is 0.848. The van der Waals surface area contributed by atoms with Crippen molar-refractivity contribution in [2.24, 2.45) is 0 Å². The van der Waals surface area contributed by atoms with E-state index in [9.17, 15) is 4.79 Å². The van der Waals surface area contributed by atoms with Gasteiger partial charge in [-0.1, -0.05) is 18.7 Å². The highest BCUT2D eigenvalue weighted by atomic mass is 32.2. The molecular formula is C11H15N5OS. The SMILES string of the molecule is CCc1nc(C)c(-c2nnc(SCC(C)=O)[nH]2)[nH]1. The second-order valence-corrected chi connectivity index (χ2v) is 4.93. The van der Waals surface area contributed by atoms with Crippen molar-refractivity contribution in [1.29, 1.82) is 0 Å². The number of nitrogens with one attached hydrogen (secondary N) is 2. The Kier molecular flexibility index (Phi) is 3.81. The van der Waals surface area contributed by atoms with E-state index in [1.807, 2.05) is 13.8 Å². The van der Waals surface area contributed by atoms with Crippen LogP contribution in [0.1, 0.15) is 25.4 Å². The summed E-state index contributed by atoms with van der Waals surface area (Å²) in [5.41, 5.74) is 1.75. The number of aromatic amines is 2. The zero-order valence-corrected chi connectivity index (χ0v) is 11.4. The quantitative estimate of drug-likeness (QED) is 0.804. The molecule has 0 spiro atoms. The molecule has 0 saturated heterocycles. The number of rotatable bonds is 5. The number of thioether (sulfide) groups is 1. The van der Waals surface area contributed by atoms with Gasteiger partial charge in [-0.15, -0.1) is 10.2 Å². The van der Waals surface area contributed by atoms with Crippen molar-refractivity contribution in [3.63, 3.8) is 0 Å². The van der Waals surface area contributed by atoms with Crippen LogP contribution in [0.2, 0.25) is 0 Å². The van der Waals surface area contributed by atoms with Gasteiger partial charge in [-0.3, -0.25) is 4.79 Å². The predicted octanol–water partition coefficient (Wildman–Crippen LogP) is 1.75. The summed E-state index contributed by atoms with van der Waals surface area (Å²) in [4.78, 5) is 21.6. The van der Waals surface area contributed by atoms with Crippen molar-refractivity contribution in [3.8, 4) is 11.5 Å². The highest BCUT2D eigenvalue weighted by Gasteiger charge is 2.12. The lowest BCUT2D eigenvalue weighted by Crippen LogP contribution is -1.93. The molecule has 2 aromatic heterocycles. The average Bonchev–Trinajstić information content (AvgIpc) is 2.92. The van der Waals surface area contributed by atoms with Crippen LogP contribution in [-0.4, -0.2) is 36.7 Å². The number of aromatic nitrogens is 5. The van der Waals surface area contributed by atoms with Crippen LogP contribution < -0.4 is 0 Å². The van der Waals surface area contributed by atoms with E-state index in [0.717, 1.165) is 23.6 Å². The van der Waals surface area contributed by atoms with Crippen LogP contribution >= 0.6 is 11.8 Å². The van der Waals surface area contributed by atoms with E-state index in [2.05, 4.69) is 25.1 Å². The molecule has 0 radical (unpaired) electrons. The molecule has 0 saturated carbocycles. The second-order valence-electron chi connectivity index (χ2n) is 3.97. The van der Waals surface area contributed by atoms with Crippen LogP contribution in [0.4, 0.5) is 0 Å². The normalized spacial score (nSPS) is 10.8. The summed E-state index contributed by atoms with van der Waals surface area (Å²) >= 11 is 1.35. The van der Waals surface area contributed by atoms with E-state index < -0.39 is 0 Å². The third-order valence-electron chi connectivity index (χ3n) is 2.38. The first-order chi connectivity index (χ1) is 8.60. The topological polar surface area (TPSA) is 87.3 Å². The number of carbonyl (C=O) groups is 1. The maximum absolute atomic E-state index is 10.9. The van der Waals surface area contributed by atoms with Gasteiger partial charge in [-0.25, -0.2) is 4.98 Å². The molecule has 0 fully saturated rings. The van der Waals surface area contributed by atoms with Crippen LogP contribution in [0.5, 0.6) is 0 Å². The Morgan fingerprint density at radius 1 is 1.33 bits per heavy atom. The molecule has 0 atom stereocenters. The molecule has 2 rings (SSSR count). The Morgan fingerprint density at radius 3 is 2.72 bits per heavy atom. The first kappa shape index (κ1) is 12.8.